The molecule has 1 aromatic carbocycles. The molecule has 32 heavy (non-hydrogen) atoms. The predicted octanol–water partition coefficient (Wildman–Crippen LogP) is 2.49. The summed E-state index contributed by atoms with van der Waals surface area (Å²) < 4.78 is 16.2. The molecule has 4 rings (SSSR count). The van der Waals surface area contributed by atoms with Gasteiger partial charge in [0.05, 0.1) is 17.6 Å². The first-order valence-electron chi connectivity index (χ1n) is 10.0. The van der Waals surface area contributed by atoms with E-state index in [9.17, 15) is 14.4 Å². The number of nitrogens with zero attached hydrogens (tertiary/aromatic N) is 6. The van der Waals surface area contributed by atoms with E-state index in [4.69, 9.17) is 5.73 Å². The van der Waals surface area contributed by atoms with Gasteiger partial charge in [-0.15, -0.1) is 0 Å². The van der Waals surface area contributed by atoms with Gasteiger partial charge in [0.15, 0.2) is 5.65 Å². The molecule has 4 aromatic rings. The minimum Gasteiger partial charge on any atom is -0.382 e. The predicted molar refractivity (Wildman–Crippen MR) is 116 cm³/mol. The largest absolute Gasteiger partial charge is 0.382 e. The fourth-order valence-corrected chi connectivity index (χ4v) is 3.54. The van der Waals surface area contributed by atoms with Crippen molar-refractivity contribution in [2.24, 2.45) is 0 Å². The molecule has 0 fully saturated rings. The van der Waals surface area contributed by atoms with Gasteiger partial charge in [-0.05, 0) is 57.0 Å². The topological polar surface area (TPSA) is 127 Å². The summed E-state index contributed by atoms with van der Waals surface area (Å²) in [6, 6.07) is 9.65. The zero-order valence-corrected chi connectivity index (χ0v) is 17.6. The molecule has 1 amide bonds. The fourth-order valence-electron chi connectivity index (χ4n) is 3.54. The number of aryl methyl sites for hydroxylation is 3. The maximum Gasteiger partial charge on any atom is 0.256 e. The lowest BCUT2D eigenvalue weighted by atomic mass is 10.1. The van der Waals surface area contributed by atoms with Crippen LogP contribution < -0.4 is 11.1 Å². The third kappa shape index (κ3) is 3.88. The van der Waals surface area contributed by atoms with E-state index in [1.807, 2.05) is 19.9 Å². The van der Waals surface area contributed by atoms with Crippen LogP contribution >= 0.6 is 0 Å². The smallest absolute Gasteiger partial charge is 0.256 e. The quantitative estimate of drug-likeness (QED) is 0.451. The summed E-state index contributed by atoms with van der Waals surface area (Å²) >= 11 is 0. The third-order valence-corrected chi connectivity index (χ3v) is 5.08. The second-order valence-electron chi connectivity index (χ2n) is 7.40. The number of benzene rings is 1. The summed E-state index contributed by atoms with van der Waals surface area (Å²) in [5.41, 5.74) is 10.1. The molecule has 0 unspecified atom stereocenters. The van der Waals surface area contributed by atoms with Gasteiger partial charge in [0.1, 0.15) is 28.8 Å². The number of halogens is 1. The number of hydrogen-bond acceptors (Lipinski definition) is 6. The average molecular weight is 432 g/mol. The zero-order valence-electron chi connectivity index (χ0n) is 17.6. The van der Waals surface area contributed by atoms with Crippen molar-refractivity contribution in [1.29, 1.82) is 5.26 Å². The number of carbonyl (C=O) groups excluding carboxylic acids is 1. The van der Waals surface area contributed by atoms with Crippen LogP contribution in [-0.2, 0) is 6.42 Å². The number of aromatic nitrogens is 5. The van der Waals surface area contributed by atoms with Crippen molar-refractivity contribution in [3.8, 4) is 11.8 Å². The average Bonchev–Trinajstić information content (AvgIpc) is 3.32. The van der Waals surface area contributed by atoms with E-state index >= 15 is 0 Å². The lowest BCUT2D eigenvalue weighted by Crippen LogP contribution is -2.25. The summed E-state index contributed by atoms with van der Waals surface area (Å²) in [4.78, 5) is 17.0. The molecular formula is C22H21FN8O. The Kier molecular flexibility index (Phi) is 5.55. The lowest BCUT2D eigenvalue weighted by molar-refractivity contribution is 0.0954. The Morgan fingerprint density at radius 1 is 1.28 bits per heavy atom. The number of nitriles is 1. The molecule has 0 atom stereocenters. The number of anilines is 1. The van der Waals surface area contributed by atoms with Gasteiger partial charge < -0.3 is 11.1 Å². The minimum atomic E-state index is -0.373. The van der Waals surface area contributed by atoms with E-state index in [1.165, 1.54) is 35.1 Å². The number of nitrogens with one attached hydrogen (secondary N) is 1. The van der Waals surface area contributed by atoms with Crippen LogP contribution in [0.4, 0.5) is 10.2 Å². The Balaban J connectivity index is 1.43. The molecular weight excluding hydrogens is 411 g/mol. The molecule has 0 aliphatic rings. The van der Waals surface area contributed by atoms with Crippen LogP contribution in [0.25, 0.3) is 11.3 Å². The minimum absolute atomic E-state index is 0.196. The van der Waals surface area contributed by atoms with E-state index < -0.39 is 0 Å². The van der Waals surface area contributed by atoms with Gasteiger partial charge in [0, 0.05) is 17.9 Å². The molecule has 0 saturated carbocycles. The fraction of sp³-hybridized carbons (Fsp3) is 0.227. The Morgan fingerprint density at radius 3 is 2.75 bits per heavy atom. The maximum absolute atomic E-state index is 13.2. The monoisotopic (exact) mass is 432 g/mol. The number of nitrogens with two attached hydrogens (primary N) is 1. The summed E-state index contributed by atoms with van der Waals surface area (Å²) in [6.07, 6.45) is 2.49. The second kappa shape index (κ2) is 8.47. The van der Waals surface area contributed by atoms with Crippen LogP contribution in [0.15, 0.2) is 36.5 Å². The molecule has 0 bridgehead atoms. The number of hydrogen-bond donors (Lipinski definition) is 2. The van der Waals surface area contributed by atoms with E-state index in [2.05, 4.69) is 26.6 Å². The lowest BCUT2D eigenvalue weighted by Gasteiger charge is -2.05. The van der Waals surface area contributed by atoms with Gasteiger partial charge in [0.2, 0.25) is 0 Å². The SMILES string of the molecule is Cc1cc(C)n2ncc(C(=O)NCCCc3nn(-c4ccc(F)cc4)c(N)c3C#N)c2n1. The molecule has 162 valence electrons. The molecule has 0 aliphatic carbocycles. The third-order valence-electron chi connectivity index (χ3n) is 5.08. The summed E-state index contributed by atoms with van der Waals surface area (Å²) in [5, 5.41) is 21.0. The van der Waals surface area contributed by atoms with Crippen molar-refractivity contribution >= 4 is 17.4 Å². The second-order valence-corrected chi connectivity index (χ2v) is 7.40. The highest BCUT2D eigenvalue weighted by Gasteiger charge is 2.18. The molecule has 0 spiro atoms. The van der Waals surface area contributed by atoms with E-state index in [0.717, 1.165) is 11.4 Å². The van der Waals surface area contributed by atoms with Gasteiger partial charge in [-0.25, -0.2) is 18.6 Å². The van der Waals surface area contributed by atoms with Gasteiger partial charge in [-0.1, -0.05) is 0 Å². The van der Waals surface area contributed by atoms with Crippen LogP contribution in [0, 0.1) is 31.0 Å². The number of rotatable bonds is 6. The number of carbonyl (C=O) groups is 1. The Labute approximate surface area is 183 Å². The molecule has 3 N–H and O–H groups in total. The Morgan fingerprint density at radius 2 is 2.03 bits per heavy atom. The summed E-state index contributed by atoms with van der Waals surface area (Å²) in [5.74, 6) is -0.446. The molecule has 9 nitrogen and oxygen atoms in total. The van der Waals surface area contributed by atoms with Crippen LogP contribution in [0.5, 0.6) is 0 Å². The Bertz CT molecular complexity index is 1350. The van der Waals surface area contributed by atoms with Crippen molar-refractivity contribution in [3.05, 3.63) is 70.6 Å². The standard InChI is InChI=1S/C22H21FN8O/c1-13-10-14(2)30-21(28-13)18(12-27-30)22(32)26-9-3-4-19-17(11-24)20(25)31(29-19)16-7-5-15(23)6-8-16/h5-8,10,12H,3-4,9,25H2,1-2H3,(H,26,32). The van der Waals surface area contributed by atoms with Gasteiger partial charge in [-0.3, -0.25) is 4.79 Å². The van der Waals surface area contributed by atoms with Gasteiger partial charge >= 0.3 is 0 Å². The number of amides is 1. The molecule has 3 aromatic heterocycles. The van der Waals surface area contributed by atoms with Crippen molar-refractivity contribution in [1.82, 2.24) is 29.7 Å². The normalized spacial score (nSPS) is 10.9. The number of nitrogen functional groups attached to an aromatic ring is 1. The first-order valence-corrected chi connectivity index (χ1v) is 10.0. The molecule has 0 aliphatic heterocycles. The van der Waals surface area contributed by atoms with Crippen molar-refractivity contribution in [2.45, 2.75) is 26.7 Å². The highest BCUT2D eigenvalue weighted by atomic mass is 19.1. The zero-order chi connectivity index (χ0) is 22.8. The first-order chi connectivity index (χ1) is 15.4. The maximum atomic E-state index is 13.2. The van der Waals surface area contributed by atoms with Gasteiger partial charge in [0.25, 0.3) is 5.91 Å². The van der Waals surface area contributed by atoms with Crippen molar-refractivity contribution in [2.75, 3.05) is 12.3 Å². The summed E-state index contributed by atoms with van der Waals surface area (Å²) in [7, 11) is 0. The summed E-state index contributed by atoms with van der Waals surface area (Å²) in [6.45, 7) is 4.14. The van der Waals surface area contributed by atoms with E-state index in [1.54, 1.807) is 4.52 Å². The molecule has 0 saturated heterocycles. The first kappa shape index (κ1) is 21.0. The van der Waals surface area contributed by atoms with E-state index in [0.29, 0.717) is 42.0 Å². The van der Waals surface area contributed by atoms with Crippen molar-refractivity contribution in [3.63, 3.8) is 0 Å². The van der Waals surface area contributed by atoms with Gasteiger partial charge in [-0.2, -0.15) is 15.5 Å². The van der Waals surface area contributed by atoms with Crippen LogP contribution in [0.2, 0.25) is 0 Å². The molecule has 10 heteroatoms. The number of fused-ring (bicyclic) bond motifs is 1. The van der Waals surface area contributed by atoms with Crippen LogP contribution in [0.1, 0.15) is 39.4 Å². The van der Waals surface area contributed by atoms with Crippen molar-refractivity contribution < 1.29 is 9.18 Å². The molecule has 0 radical (unpaired) electrons. The van der Waals surface area contributed by atoms with Crippen LogP contribution in [0.3, 0.4) is 0 Å². The molecule has 3 heterocycles. The Hall–Kier alpha value is -4.26. The highest BCUT2D eigenvalue weighted by molar-refractivity contribution is 5.99. The van der Waals surface area contributed by atoms with E-state index in [-0.39, 0.29) is 23.1 Å². The van der Waals surface area contributed by atoms with Crippen LogP contribution in [-0.4, -0.2) is 36.8 Å². The highest BCUT2D eigenvalue weighted by Crippen LogP contribution is 2.21.